The Morgan fingerprint density at radius 2 is 1.73 bits per heavy atom. The third-order valence-electron chi connectivity index (χ3n) is 7.54. The smallest absolute Gasteiger partial charge is 0.333 e. The third-order valence-corrected chi connectivity index (χ3v) is 7.54. The summed E-state index contributed by atoms with van der Waals surface area (Å²) in [5.74, 6) is 0.642. The lowest BCUT2D eigenvalue weighted by atomic mass is 9.54. The predicted molar refractivity (Wildman–Crippen MR) is 115 cm³/mol. The normalized spacial score (nSPS) is 31.6. The van der Waals surface area contributed by atoms with E-state index in [-0.39, 0.29) is 29.2 Å². The van der Waals surface area contributed by atoms with E-state index in [1.54, 1.807) is 26.0 Å². The lowest BCUT2D eigenvalue weighted by Crippen LogP contribution is -2.57. The van der Waals surface area contributed by atoms with Crippen LogP contribution in [0.2, 0.25) is 0 Å². The SMILES string of the molecule is CC=C(C)C(=O)O[C@@H]1[C@@H](OC(=O)C(C)=CC)C[C@H]2Cc3occ(C)c3C[C@]2(C)[C@H]1C. The van der Waals surface area contributed by atoms with Crippen LogP contribution in [0.1, 0.15) is 64.9 Å². The fourth-order valence-corrected chi connectivity index (χ4v) is 4.89. The molecule has 5 heteroatoms. The zero-order chi connectivity index (χ0) is 22.2. The van der Waals surface area contributed by atoms with Crippen molar-refractivity contribution in [2.75, 3.05) is 0 Å². The first-order valence-corrected chi connectivity index (χ1v) is 10.9. The molecular weight excluding hydrogens is 380 g/mol. The van der Waals surface area contributed by atoms with Crippen molar-refractivity contribution >= 4 is 11.9 Å². The highest BCUT2D eigenvalue weighted by Crippen LogP contribution is 2.54. The molecule has 1 heterocycles. The van der Waals surface area contributed by atoms with Gasteiger partial charge >= 0.3 is 11.9 Å². The summed E-state index contributed by atoms with van der Waals surface area (Å²) >= 11 is 0. The topological polar surface area (TPSA) is 65.7 Å². The third kappa shape index (κ3) is 3.86. The molecule has 1 saturated carbocycles. The maximum atomic E-state index is 12.6. The van der Waals surface area contributed by atoms with E-state index in [2.05, 4.69) is 20.8 Å². The van der Waals surface area contributed by atoms with Crippen LogP contribution in [0.4, 0.5) is 0 Å². The lowest BCUT2D eigenvalue weighted by molar-refractivity contribution is -0.188. The summed E-state index contributed by atoms with van der Waals surface area (Å²) in [5, 5.41) is 0. The second kappa shape index (κ2) is 8.44. The van der Waals surface area contributed by atoms with Crippen LogP contribution < -0.4 is 0 Å². The molecule has 0 saturated heterocycles. The standard InChI is InChI=1S/C25H34O5/c1-8-14(3)23(26)29-21-11-18-10-20-19(16(5)13-28-20)12-25(18,7)17(6)22(21)30-24(27)15(4)9-2/h8-9,13,17-18,21-22H,10-12H2,1-7H3/t17-,18+,21-,22-,25+/m0/s1. The minimum Gasteiger partial charge on any atom is -0.469 e. The molecule has 0 aliphatic heterocycles. The Hall–Kier alpha value is -2.30. The van der Waals surface area contributed by atoms with Gasteiger partial charge < -0.3 is 13.9 Å². The quantitative estimate of drug-likeness (QED) is 0.506. The molecule has 1 aromatic heterocycles. The summed E-state index contributed by atoms with van der Waals surface area (Å²) in [7, 11) is 0. The van der Waals surface area contributed by atoms with E-state index < -0.39 is 12.2 Å². The molecule has 0 bridgehead atoms. The average molecular weight is 415 g/mol. The number of rotatable bonds is 4. The molecule has 2 aliphatic rings. The van der Waals surface area contributed by atoms with Gasteiger partial charge in [0.15, 0.2) is 0 Å². The van der Waals surface area contributed by atoms with E-state index in [1.165, 1.54) is 11.1 Å². The van der Waals surface area contributed by atoms with Gasteiger partial charge in [0.1, 0.15) is 18.0 Å². The van der Waals surface area contributed by atoms with E-state index >= 15 is 0 Å². The molecule has 1 aromatic rings. The molecule has 1 fully saturated rings. The minimum atomic E-state index is -0.490. The first-order chi connectivity index (χ1) is 14.1. The Balaban J connectivity index is 1.95. The monoisotopic (exact) mass is 414 g/mol. The van der Waals surface area contributed by atoms with Crippen LogP contribution >= 0.6 is 0 Å². The van der Waals surface area contributed by atoms with Crippen molar-refractivity contribution in [1.29, 1.82) is 0 Å². The molecule has 164 valence electrons. The van der Waals surface area contributed by atoms with Gasteiger partial charge in [-0.25, -0.2) is 9.59 Å². The largest absolute Gasteiger partial charge is 0.469 e. The second-order valence-corrected chi connectivity index (χ2v) is 9.19. The Morgan fingerprint density at radius 1 is 1.13 bits per heavy atom. The Bertz CT molecular complexity index is 889. The fourth-order valence-electron chi connectivity index (χ4n) is 4.89. The fraction of sp³-hybridized carbons (Fsp3) is 0.600. The van der Waals surface area contributed by atoms with Crippen molar-refractivity contribution in [2.45, 2.75) is 79.9 Å². The Morgan fingerprint density at radius 3 is 2.33 bits per heavy atom. The maximum Gasteiger partial charge on any atom is 0.333 e. The Labute approximate surface area is 179 Å². The maximum absolute atomic E-state index is 12.6. The van der Waals surface area contributed by atoms with Crippen LogP contribution in [0.3, 0.4) is 0 Å². The second-order valence-electron chi connectivity index (χ2n) is 9.19. The molecule has 0 radical (unpaired) electrons. The minimum absolute atomic E-state index is 0.0241. The highest BCUT2D eigenvalue weighted by atomic mass is 16.6. The highest BCUT2D eigenvalue weighted by molar-refractivity contribution is 5.88. The molecule has 0 aromatic carbocycles. The summed E-state index contributed by atoms with van der Waals surface area (Å²) < 4.78 is 17.7. The first kappa shape index (κ1) is 22.4. The number of hydrogen-bond acceptors (Lipinski definition) is 5. The van der Waals surface area contributed by atoms with Crippen LogP contribution in [0.25, 0.3) is 0 Å². The van der Waals surface area contributed by atoms with Crippen molar-refractivity contribution in [3.8, 4) is 0 Å². The van der Waals surface area contributed by atoms with E-state index in [9.17, 15) is 9.59 Å². The van der Waals surface area contributed by atoms with E-state index in [1.807, 2.05) is 20.1 Å². The number of esters is 2. The van der Waals surface area contributed by atoms with E-state index in [0.29, 0.717) is 17.6 Å². The molecule has 0 amide bonds. The van der Waals surface area contributed by atoms with Gasteiger partial charge in [-0.3, -0.25) is 0 Å². The van der Waals surface area contributed by atoms with Crippen molar-refractivity contribution < 1.29 is 23.5 Å². The number of carbonyl (C=O) groups excluding carboxylic acids is 2. The van der Waals surface area contributed by atoms with Gasteiger partial charge in [-0.15, -0.1) is 0 Å². The number of carbonyl (C=O) groups is 2. The number of hydrogen-bond donors (Lipinski definition) is 0. The molecule has 30 heavy (non-hydrogen) atoms. The molecule has 5 atom stereocenters. The number of furan rings is 1. The Kier molecular flexibility index (Phi) is 6.30. The average Bonchev–Trinajstić information content (AvgIpc) is 3.07. The lowest BCUT2D eigenvalue weighted by Gasteiger charge is -2.53. The molecular formula is C25H34O5. The van der Waals surface area contributed by atoms with Gasteiger partial charge in [0.25, 0.3) is 0 Å². The summed E-state index contributed by atoms with van der Waals surface area (Å²) in [5.41, 5.74) is 3.48. The van der Waals surface area contributed by atoms with E-state index in [0.717, 1.165) is 18.6 Å². The molecule has 0 unspecified atom stereocenters. The zero-order valence-electron chi connectivity index (χ0n) is 19.2. The van der Waals surface area contributed by atoms with Gasteiger partial charge in [-0.1, -0.05) is 26.0 Å². The van der Waals surface area contributed by atoms with Crippen LogP contribution in [-0.4, -0.2) is 24.1 Å². The van der Waals surface area contributed by atoms with Crippen LogP contribution in [-0.2, 0) is 31.9 Å². The van der Waals surface area contributed by atoms with Gasteiger partial charge in [-0.05, 0) is 69.9 Å². The summed E-state index contributed by atoms with van der Waals surface area (Å²) in [6.07, 6.45) is 6.68. The zero-order valence-corrected chi connectivity index (χ0v) is 19.2. The number of allylic oxidation sites excluding steroid dienone is 2. The van der Waals surface area contributed by atoms with Gasteiger partial charge in [0.05, 0.1) is 6.26 Å². The highest BCUT2D eigenvalue weighted by Gasteiger charge is 2.55. The number of fused-ring (bicyclic) bond motifs is 2. The molecule has 0 spiro atoms. The summed E-state index contributed by atoms with van der Waals surface area (Å²) in [4.78, 5) is 25.2. The van der Waals surface area contributed by atoms with Gasteiger partial charge in [-0.2, -0.15) is 0 Å². The van der Waals surface area contributed by atoms with Crippen molar-refractivity contribution in [2.24, 2.45) is 17.3 Å². The van der Waals surface area contributed by atoms with Crippen molar-refractivity contribution in [3.05, 3.63) is 46.4 Å². The molecule has 2 aliphatic carbocycles. The first-order valence-electron chi connectivity index (χ1n) is 10.9. The van der Waals surface area contributed by atoms with Gasteiger partial charge in [0, 0.05) is 23.5 Å². The van der Waals surface area contributed by atoms with Crippen LogP contribution in [0.15, 0.2) is 34.0 Å². The van der Waals surface area contributed by atoms with E-state index in [4.69, 9.17) is 13.9 Å². The van der Waals surface area contributed by atoms with Crippen molar-refractivity contribution in [3.63, 3.8) is 0 Å². The molecule has 5 nitrogen and oxygen atoms in total. The van der Waals surface area contributed by atoms with Crippen LogP contribution in [0.5, 0.6) is 0 Å². The summed E-state index contributed by atoms with van der Waals surface area (Å²) in [6, 6.07) is 0. The summed E-state index contributed by atoms with van der Waals surface area (Å²) in [6.45, 7) is 13.6. The number of aryl methyl sites for hydroxylation is 1. The number of ether oxygens (including phenoxy) is 2. The van der Waals surface area contributed by atoms with Crippen molar-refractivity contribution in [1.82, 2.24) is 0 Å². The molecule has 3 rings (SSSR count). The van der Waals surface area contributed by atoms with Crippen LogP contribution in [0, 0.1) is 24.2 Å². The van der Waals surface area contributed by atoms with Gasteiger partial charge in [0.2, 0.25) is 0 Å². The predicted octanol–water partition coefficient (Wildman–Crippen LogP) is 5.10. The molecule has 0 N–H and O–H groups in total.